The van der Waals surface area contributed by atoms with E-state index in [1.54, 1.807) is 12.1 Å². The quantitative estimate of drug-likeness (QED) is 0.914. The van der Waals surface area contributed by atoms with E-state index in [1.165, 1.54) is 24.3 Å². The number of hydrogen-bond acceptors (Lipinski definition) is 2. The second kappa shape index (κ2) is 5.01. The smallest absolute Gasteiger partial charge is 0.251 e. The Hall–Kier alpha value is -1.81. The van der Waals surface area contributed by atoms with Gasteiger partial charge in [0.2, 0.25) is 0 Å². The van der Waals surface area contributed by atoms with Crippen molar-refractivity contribution < 1.29 is 13.6 Å². The molecule has 0 aliphatic heterocycles. The van der Waals surface area contributed by atoms with E-state index in [2.05, 4.69) is 5.32 Å². The molecule has 1 aromatic carbocycles. The molecule has 0 saturated carbocycles. The van der Waals surface area contributed by atoms with Crippen molar-refractivity contribution >= 4 is 17.5 Å². The van der Waals surface area contributed by atoms with Crippen molar-refractivity contribution in [2.45, 2.75) is 6.54 Å². The van der Waals surface area contributed by atoms with Crippen molar-refractivity contribution in [2.75, 3.05) is 0 Å². The van der Waals surface area contributed by atoms with Crippen molar-refractivity contribution in [3.8, 4) is 0 Å². The highest BCUT2D eigenvalue weighted by Crippen LogP contribution is 2.12. The number of amides is 1. The van der Waals surface area contributed by atoms with Crippen LogP contribution in [0.5, 0.6) is 0 Å². The van der Waals surface area contributed by atoms with E-state index in [0.717, 1.165) is 0 Å². The molecule has 17 heavy (non-hydrogen) atoms. The van der Waals surface area contributed by atoms with Gasteiger partial charge in [0, 0.05) is 5.56 Å². The Kier molecular flexibility index (Phi) is 3.44. The summed E-state index contributed by atoms with van der Waals surface area (Å²) in [4.78, 5) is 11.6. The predicted molar refractivity (Wildman–Crippen MR) is 61.3 cm³/mol. The molecule has 3 nitrogen and oxygen atoms in total. The fraction of sp³-hybridized carbons (Fsp3) is 0.0833. The largest absolute Gasteiger partial charge is 0.448 e. The summed E-state index contributed by atoms with van der Waals surface area (Å²) in [5.41, 5.74) is 0.393. The molecule has 2 aromatic rings. The van der Waals surface area contributed by atoms with Gasteiger partial charge in [-0.25, -0.2) is 4.39 Å². The number of nitrogens with one attached hydrogen (secondary N) is 1. The highest BCUT2D eigenvalue weighted by molar-refractivity contribution is 6.28. The molecular weight excluding hydrogens is 245 g/mol. The van der Waals surface area contributed by atoms with E-state index in [0.29, 0.717) is 11.3 Å². The molecule has 1 N–H and O–H groups in total. The molecule has 0 spiro atoms. The molecule has 0 aliphatic rings. The lowest BCUT2D eigenvalue weighted by atomic mass is 10.2. The molecule has 0 unspecified atom stereocenters. The van der Waals surface area contributed by atoms with Crippen molar-refractivity contribution in [1.29, 1.82) is 0 Å². The summed E-state index contributed by atoms with van der Waals surface area (Å²) in [6, 6.07) is 8.57. The maximum absolute atomic E-state index is 12.6. The lowest BCUT2D eigenvalue weighted by molar-refractivity contribution is 0.0948. The normalized spacial score (nSPS) is 10.2. The minimum atomic E-state index is -0.376. The van der Waals surface area contributed by atoms with Gasteiger partial charge in [-0.15, -0.1) is 0 Å². The first-order valence-electron chi connectivity index (χ1n) is 4.93. The average Bonchev–Trinajstić information content (AvgIpc) is 2.73. The zero-order valence-electron chi connectivity index (χ0n) is 8.74. The molecule has 0 aliphatic carbocycles. The van der Waals surface area contributed by atoms with Gasteiger partial charge in [-0.2, -0.15) is 0 Å². The monoisotopic (exact) mass is 253 g/mol. The van der Waals surface area contributed by atoms with Gasteiger partial charge in [0.1, 0.15) is 11.6 Å². The summed E-state index contributed by atoms with van der Waals surface area (Å²) in [7, 11) is 0. The van der Waals surface area contributed by atoms with Crippen LogP contribution in [0.3, 0.4) is 0 Å². The first kappa shape index (κ1) is 11.7. The third-order valence-electron chi connectivity index (χ3n) is 2.16. The minimum Gasteiger partial charge on any atom is -0.448 e. The molecule has 2 rings (SSSR count). The van der Waals surface area contributed by atoms with Crippen LogP contribution in [0, 0.1) is 5.82 Å². The van der Waals surface area contributed by atoms with Crippen molar-refractivity contribution in [1.82, 2.24) is 5.32 Å². The van der Waals surface area contributed by atoms with Crippen LogP contribution < -0.4 is 5.32 Å². The molecule has 0 fully saturated rings. The van der Waals surface area contributed by atoms with E-state index in [9.17, 15) is 9.18 Å². The summed E-state index contributed by atoms with van der Waals surface area (Å²) in [5.74, 6) is -0.109. The van der Waals surface area contributed by atoms with E-state index in [4.69, 9.17) is 16.0 Å². The van der Waals surface area contributed by atoms with E-state index >= 15 is 0 Å². The van der Waals surface area contributed by atoms with Gasteiger partial charge >= 0.3 is 0 Å². The number of hydrogen-bond donors (Lipinski definition) is 1. The van der Waals surface area contributed by atoms with Crippen LogP contribution in [-0.4, -0.2) is 5.91 Å². The maximum Gasteiger partial charge on any atom is 0.251 e. The molecule has 0 bridgehead atoms. The Morgan fingerprint density at radius 2 is 1.94 bits per heavy atom. The predicted octanol–water partition coefficient (Wildman–Crippen LogP) is 3.00. The number of carbonyl (C=O) groups excluding carboxylic acids is 1. The van der Waals surface area contributed by atoms with Crippen LogP contribution in [0.4, 0.5) is 4.39 Å². The molecule has 0 atom stereocenters. The molecule has 0 radical (unpaired) electrons. The van der Waals surface area contributed by atoms with Crippen LogP contribution >= 0.6 is 11.6 Å². The van der Waals surface area contributed by atoms with Crippen LogP contribution in [-0.2, 0) is 6.54 Å². The van der Waals surface area contributed by atoms with Gasteiger partial charge in [0.05, 0.1) is 6.54 Å². The number of furan rings is 1. The molecular formula is C12H9ClFNO2. The molecule has 1 heterocycles. The van der Waals surface area contributed by atoms with E-state index < -0.39 is 0 Å². The van der Waals surface area contributed by atoms with Gasteiger partial charge in [-0.1, -0.05) is 0 Å². The summed E-state index contributed by atoms with van der Waals surface area (Å²) >= 11 is 5.59. The van der Waals surface area contributed by atoms with Gasteiger partial charge in [0.15, 0.2) is 5.22 Å². The highest BCUT2D eigenvalue weighted by atomic mass is 35.5. The van der Waals surface area contributed by atoms with E-state index in [-0.39, 0.29) is 23.5 Å². The standard InChI is InChI=1S/C12H9ClFNO2/c13-11-6-5-10(17-11)7-15-12(16)8-1-3-9(14)4-2-8/h1-6H,7H2,(H,15,16). The maximum atomic E-state index is 12.6. The Balaban J connectivity index is 1.95. The molecule has 88 valence electrons. The third kappa shape index (κ3) is 3.07. The Labute approximate surface area is 102 Å². The fourth-order valence-corrected chi connectivity index (χ4v) is 1.48. The van der Waals surface area contributed by atoms with Crippen LogP contribution in [0.25, 0.3) is 0 Å². The zero-order valence-corrected chi connectivity index (χ0v) is 9.50. The number of carbonyl (C=O) groups is 1. The first-order chi connectivity index (χ1) is 8.15. The van der Waals surface area contributed by atoms with Gasteiger partial charge in [-0.05, 0) is 48.0 Å². The average molecular weight is 254 g/mol. The summed E-state index contributed by atoms with van der Waals surface area (Å²) in [6.07, 6.45) is 0. The third-order valence-corrected chi connectivity index (χ3v) is 2.36. The second-order valence-corrected chi connectivity index (χ2v) is 3.77. The summed E-state index contributed by atoms with van der Waals surface area (Å²) < 4.78 is 17.7. The van der Waals surface area contributed by atoms with Crippen molar-refractivity contribution in [3.63, 3.8) is 0 Å². The van der Waals surface area contributed by atoms with E-state index in [1.807, 2.05) is 0 Å². The van der Waals surface area contributed by atoms with Gasteiger partial charge in [0.25, 0.3) is 5.91 Å². The zero-order chi connectivity index (χ0) is 12.3. The van der Waals surface area contributed by atoms with Gasteiger partial charge < -0.3 is 9.73 Å². The lowest BCUT2D eigenvalue weighted by Gasteiger charge is -2.02. The number of benzene rings is 1. The van der Waals surface area contributed by atoms with Crippen molar-refractivity contribution in [3.05, 3.63) is 58.8 Å². The van der Waals surface area contributed by atoms with Crippen LogP contribution in [0.15, 0.2) is 40.8 Å². The molecule has 5 heteroatoms. The Morgan fingerprint density at radius 1 is 1.24 bits per heavy atom. The molecule has 1 aromatic heterocycles. The Bertz CT molecular complexity index is 522. The highest BCUT2D eigenvalue weighted by Gasteiger charge is 2.06. The van der Waals surface area contributed by atoms with Gasteiger partial charge in [-0.3, -0.25) is 4.79 Å². The summed E-state index contributed by atoms with van der Waals surface area (Å²) in [5, 5.41) is 2.91. The summed E-state index contributed by atoms with van der Waals surface area (Å²) in [6.45, 7) is 0.239. The number of halogens is 2. The van der Waals surface area contributed by atoms with Crippen molar-refractivity contribution in [2.24, 2.45) is 0 Å². The second-order valence-electron chi connectivity index (χ2n) is 3.40. The molecule has 1 amide bonds. The topological polar surface area (TPSA) is 42.2 Å². The minimum absolute atomic E-state index is 0.239. The lowest BCUT2D eigenvalue weighted by Crippen LogP contribution is -2.22. The van der Waals surface area contributed by atoms with Crippen LogP contribution in [0.2, 0.25) is 5.22 Å². The number of rotatable bonds is 3. The first-order valence-corrected chi connectivity index (χ1v) is 5.31. The molecule has 0 saturated heterocycles. The van der Waals surface area contributed by atoms with Crippen LogP contribution in [0.1, 0.15) is 16.1 Å². The fourth-order valence-electron chi connectivity index (χ4n) is 1.32. The Morgan fingerprint density at radius 3 is 2.53 bits per heavy atom. The SMILES string of the molecule is O=C(NCc1ccc(Cl)o1)c1ccc(F)cc1.